The molecule has 0 spiro atoms. The Morgan fingerprint density at radius 2 is 1.88 bits per heavy atom. The largest absolute Gasteiger partial charge is 0.497 e. The van der Waals surface area contributed by atoms with Crippen LogP contribution >= 0.6 is 11.6 Å². The summed E-state index contributed by atoms with van der Waals surface area (Å²) in [6.07, 6.45) is 0.846. The van der Waals surface area contributed by atoms with Crippen LogP contribution in [0.4, 0.5) is 0 Å². The average Bonchev–Trinajstić information content (AvgIpc) is 2.84. The van der Waals surface area contributed by atoms with E-state index >= 15 is 0 Å². The summed E-state index contributed by atoms with van der Waals surface area (Å²) in [6, 6.07) is 11.3. The molecule has 0 aromatic heterocycles. The van der Waals surface area contributed by atoms with E-state index in [-0.39, 0.29) is 11.9 Å². The van der Waals surface area contributed by atoms with Crippen molar-refractivity contribution in [2.75, 3.05) is 53.2 Å². The topological polar surface area (TPSA) is 69.3 Å². The summed E-state index contributed by atoms with van der Waals surface area (Å²) in [5.74, 6) is 1.53. The molecule has 180 valence electrons. The highest BCUT2D eigenvalue weighted by molar-refractivity contribution is 6.32. The van der Waals surface area contributed by atoms with Gasteiger partial charge >= 0.3 is 0 Å². The fourth-order valence-corrected chi connectivity index (χ4v) is 4.04. The summed E-state index contributed by atoms with van der Waals surface area (Å²) in [5.41, 5.74) is 1.54. The number of halogens is 1. The number of amides is 1. The number of hydrogen-bond donors (Lipinski definition) is 1. The molecule has 0 saturated carbocycles. The van der Waals surface area contributed by atoms with E-state index in [0.717, 1.165) is 30.8 Å². The summed E-state index contributed by atoms with van der Waals surface area (Å²) in [4.78, 5) is 15.4. The van der Waals surface area contributed by atoms with Crippen molar-refractivity contribution in [1.82, 2.24) is 10.2 Å². The highest BCUT2D eigenvalue weighted by Gasteiger charge is 2.24. The van der Waals surface area contributed by atoms with Gasteiger partial charge in [-0.25, -0.2) is 0 Å². The quantitative estimate of drug-likeness (QED) is 0.520. The molecule has 1 unspecified atom stereocenters. The van der Waals surface area contributed by atoms with Crippen molar-refractivity contribution in [3.05, 3.63) is 52.5 Å². The van der Waals surface area contributed by atoms with E-state index in [4.69, 9.17) is 30.5 Å². The molecular weight excluding hydrogens is 444 g/mol. The Kier molecular flexibility index (Phi) is 9.66. The number of morpholine rings is 1. The summed E-state index contributed by atoms with van der Waals surface area (Å²) in [7, 11) is 1.65. The van der Waals surface area contributed by atoms with Crippen molar-refractivity contribution in [2.45, 2.75) is 26.3 Å². The van der Waals surface area contributed by atoms with Crippen molar-refractivity contribution in [1.29, 1.82) is 0 Å². The second-order valence-corrected chi connectivity index (χ2v) is 8.12. The summed E-state index contributed by atoms with van der Waals surface area (Å²) < 4.78 is 22.2. The number of methoxy groups -OCH3 is 1. The molecule has 1 heterocycles. The number of nitrogens with zero attached hydrogens (tertiary/aromatic N) is 1. The zero-order valence-corrected chi connectivity index (χ0v) is 20.3. The smallest absolute Gasteiger partial charge is 0.251 e. The molecule has 1 saturated heterocycles. The van der Waals surface area contributed by atoms with Crippen molar-refractivity contribution in [2.24, 2.45) is 0 Å². The van der Waals surface area contributed by atoms with Gasteiger partial charge in [0.1, 0.15) is 5.75 Å². The summed E-state index contributed by atoms with van der Waals surface area (Å²) in [5, 5.41) is 3.44. The van der Waals surface area contributed by atoms with Gasteiger partial charge in [0.15, 0.2) is 11.5 Å². The first-order valence-electron chi connectivity index (χ1n) is 11.4. The molecule has 1 aliphatic heterocycles. The number of hydrogen-bond acceptors (Lipinski definition) is 6. The molecule has 33 heavy (non-hydrogen) atoms. The van der Waals surface area contributed by atoms with Gasteiger partial charge in [-0.15, -0.1) is 0 Å². The minimum absolute atomic E-state index is 0.0118. The minimum Gasteiger partial charge on any atom is -0.497 e. The predicted octanol–water partition coefficient (Wildman–Crippen LogP) is 4.34. The van der Waals surface area contributed by atoms with Crippen LogP contribution < -0.4 is 19.5 Å². The molecule has 1 aliphatic rings. The third-order valence-corrected chi connectivity index (χ3v) is 5.75. The van der Waals surface area contributed by atoms with Gasteiger partial charge in [0.25, 0.3) is 5.91 Å². The lowest BCUT2D eigenvalue weighted by Gasteiger charge is -2.35. The maximum Gasteiger partial charge on any atom is 0.251 e. The minimum atomic E-state index is -0.216. The van der Waals surface area contributed by atoms with Gasteiger partial charge in [-0.1, -0.05) is 30.7 Å². The van der Waals surface area contributed by atoms with Crippen LogP contribution in [0.15, 0.2) is 36.4 Å². The molecule has 3 rings (SSSR count). The van der Waals surface area contributed by atoms with Gasteiger partial charge in [0, 0.05) is 25.2 Å². The van der Waals surface area contributed by atoms with Crippen LogP contribution in [0.5, 0.6) is 17.2 Å². The van der Waals surface area contributed by atoms with E-state index in [9.17, 15) is 4.79 Å². The van der Waals surface area contributed by atoms with Crippen LogP contribution in [-0.2, 0) is 4.74 Å². The number of carbonyl (C=O) groups is 1. The highest BCUT2D eigenvalue weighted by Crippen LogP contribution is 2.37. The lowest BCUT2D eigenvalue weighted by atomic mass is 10.0. The summed E-state index contributed by atoms with van der Waals surface area (Å²) >= 11 is 6.44. The molecule has 1 N–H and O–H groups in total. The van der Waals surface area contributed by atoms with Crippen LogP contribution in [0.1, 0.15) is 42.2 Å². The van der Waals surface area contributed by atoms with Gasteiger partial charge in [-0.2, -0.15) is 0 Å². The Morgan fingerprint density at radius 1 is 1.15 bits per heavy atom. The third-order valence-electron chi connectivity index (χ3n) is 5.47. The van der Waals surface area contributed by atoms with Gasteiger partial charge in [0.2, 0.25) is 0 Å². The van der Waals surface area contributed by atoms with Crippen molar-refractivity contribution in [3.8, 4) is 17.2 Å². The molecule has 0 bridgehead atoms. The predicted molar refractivity (Wildman–Crippen MR) is 129 cm³/mol. The molecular formula is C25H33ClN2O5. The standard InChI is InChI=1S/C25H33ClN2O5/c1-4-12-33-24-21(26)15-19(16-23(24)32-5-2)25(29)27-17-22(28-10-13-31-14-11-28)18-6-8-20(30-3)9-7-18/h6-9,15-16,22H,4-5,10-14,17H2,1-3H3,(H,27,29). The normalized spacial score (nSPS) is 15.0. The Labute approximate surface area is 200 Å². The first kappa shape index (κ1) is 25.1. The zero-order chi connectivity index (χ0) is 23.6. The second kappa shape index (κ2) is 12.7. The van der Waals surface area contributed by atoms with Crippen LogP contribution in [0, 0.1) is 0 Å². The molecule has 2 aromatic rings. The Hall–Kier alpha value is -2.48. The maximum atomic E-state index is 13.1. The number of carbonyl (C=O) groups excluding carboxylic acids is 1. The van der Waals surface area contributed by atoms with Crippen molar-refractivity contribution >= 4 is 17.5 Å². The third kappa shape index (κ3) is 6.76. The molecule has 2 aromatic carbocycles. The Bertz CT molecular complexity index is 900. The van der Waals surface area contributed by atoms with Crippen molar-refractivity contribution in [3.63, 3.8) is 0 Å². The molecule has 8 heteroatoms. The van der Waals surface area contributed by atoms with Crippen LogP contribution in [0.2, 0.25) is 5.02 Å². The Morgan fingerprint density at radius 3 is 2.52 bits per heavy atom. The lowest BCUT2D eigenvalue weighted by Crippen LogP contribution is -2.43. The summed E-state index contributed by atoms with van der Waals surface area (Å²) in [6.45, 7) is 8.26. The number of ether oxygens (including phenoxy) is 4. The molecule has 7 nitrogen and oxygen atoms in total. The molecule has 0 radical (unpaired) electrons. The number of benzene rings is 2. The van der Waals surface area contributed by atoms with Gasteiger partial charge in [-0.3, -0.25) is 9.69 Å². The highest BCUT2D eigenvalue weighted by atomic mass is 35.5. The van der Waals surface area contributed by atoms with E-state index < -0.39 is 0 Å². The van der Waals surface area contributed by atoms with Crippen LogP contribution in [-0.4, -0.2) is 64.0 Å². The van der Waals surface area contributed by atoms with Gasteiger partial charge in [-0.05, 0) is 43.2 Å². The zero-order valence-electron chi connectivity index (χ0n) is 19.6. The fourth-order valence-electron chi connectivity index (χ4n) is 3.77. The van der Waals surface area contributed by atoms with E-state index in [0.29, 0.717) is 55.1 Å². The molecule has 0 aliphatic carbocycles. The maximum absolute atomic E-state index is 13.1. The van der Waals surface area contributed by atoms with E-state index in [2.05, 4.69) is 10.2 Å². The first-order valence-corrected chi connectivity index (χ1v) is 11.8. The monoisotopic (exact) mass is 476 g/mol. The van der Waals surface area contributed by atoms with Gasteiger partial charge < -0.3 is 24.3 Å². The SMILES string of the molecule is CCCOc1c(Cl)cc(C(=O)NCC(c2ccc(OC)cc2)N2CCOCC2)cc1OCC. The number of nitrogens with one attached hydrogen (secondary N) is 1. The van der Waals surface area contributed by atoms with Gasteiger partial charge in [0.05, 0.1) is 44.6 Å². The Balaban J connectivity index is 1.77. The van der Waals surface area contributed by atoms with Crippen LogP contribution in [0.3, 0.4) is 0 Å². The van der Waals surface area contributed by atoms with E-state index in [1.807, 2.05) is 38.1 Å². The fraction of sp³-hybridized carbons (Fsp3) is 0.480. The molecule has 1 fully saturated rings. The lowest BCUT2D eigenvalue weighted by molar-refractivity contribution is 0.0162. The average molecular weight is 477 g/mol. The second-order valence-electron chi connectivity index (χ2n) is 7.71. The van der Waals surface area contributed by atoms with Crippen molar-refractivity contribution < 1.29 is 23.7 Å². The van der Waals surface area contributed by atoms with E-state index in [1.165, 1.54) is 0 Å². The molecule has 1 atom stereocenters. The number of rotatable bonds is 11. The first-order chi connectivity index (χ1) is 16.1. The van der Waals surface area contributed by atoms with E-state index in [1.54, 1.807) is 19.2 Å². The van der Waals surface area contributed by atoms with Crippen LogP contribution in [0.25, 0.3) is 0 Å². The molecule has 1 amide bonds.